The van der Waals surface area contributed by atoms with Crippen LogP contribution >= 0.6 is 0 Å². The Bertz CT molecular complexity index is 319. The number of ether oxygens (including phenoxy) is 1. The van der Waals surface area contributed by atoms with Crippen molar-refractivity contribution in [1.82, 2.24) is 10.2 Å². The number of hydrogen-bond acceptors (Lipinski definition) is 3. The summed E-state index contributed by atoms with van der Waals surface area (Å²) in [4.78, 5) is 14.6. The summed E-state index contributed by atoms with van der Waals surface area (Å²) < 4.78 is 5.62. The first-order valence-corrected chi connectivity index (χ1v) is 7.72. The zero-order valence-corrected chi connectivity index (χ0v) is 12.7. The van der Waals surface area contributed by atoms with E-state index in [1.807, 2.05) is 0 Å². The highest BCUT2D eigenvalue weighted by atomic mass is 16.5. The molecule has 2 aliphatic heterocycles. The van der Waals surface area contributed by atoms with Gasteiger partial charge in [0.15, 0.2) is 0 Å². The molecule has 2 heterocycles. The van der Waals surface area contributed by atoms with Gasteiger partial charge >= 0.3 is 0 Å². The lowest BCUT2D eigenvalue weighted by molar-refractivity contribution is -0.131. The molecule has 110 valence electrons. The van der Waals surface area contributed by atoms with Gasteiger partial charge in [-0.2, -0.15) is 0 Å². The summed E-state index contributed by atoms with van der Waals surface area (Å²) in [6, 6.07) is 0.0232. The first-order valence-electron chi connectivity index (χ1n) is 7.72. The molecule has 1 N–H and O–H groups in total. The van der Waals surface area contributed by atoms with Gasteiger partial charge in [-0.05, 0) is 25.7 Å². The summed E-state index contributed by atoms with van der Waals surface area (Å²) in [7, 11) is 0. The molecule has 0 aromatic rings. The predicted molar refractivity (Wildman–Crippen MR) is 75.7 cm³/mol. The molecule has 0 spiro atoms. The second kappa shape index (κ2) is 6.23. The van der Waals surface area contributed by atoms with Crippen LogP contribution in [0.3, 0.4) is 0 Å². The van der Waals surface area contributed by atoms with Gasteiger partial charge < -0.3 is 9.64 Å². The Morgan fingerprint density at radius 1 is 1.47 bits per heavy atom. The van der Waals surface area contributed by atoms with Crippen LogP contribution in [0, 0.1) is 11.8 Å². The molecule has 2 fully saturated rings. The molecule has 0 aliphatic carbocycles. The molecule has 0 aromatic carbocycles. The van der Waals surface area contributed by atoms with Crippen LogP contribution in [0.1, 0.15) is 47.0 Å². The fraction of sp³-hybridized carbons (Fsp3) is 0.933. The van der Waals surface area contributed by atoms with Gasteiger partial charge in [-0.3, -0.25) is 10.1 Å². The molecule has 0 saturated carbocycles. The number of carbonyl (C=O) groups excluding carboxylic acids is 1. The molecule has 19 heavy (non-hydrogen) atoms. The molecule has 4 heteroatoms. The molecule has 2 rings (SSSR count). The van der Waals surface area contributed by atoms with Crippen molar-refractivity contribution in [3.05, 3.63) is 0 Å². The summed E-state index contributed by atoms with van der Waals surface area (Å²) in [5.74, 6) is 1.23. The largest absolute Gasteiger partial charge is 0.378 e. The summed E-state index contributed by atoms with van der Waals surface area (Å²) in [6.45, 7) is 10.3. The van der Waals surface area contributed by atoms with Crippen LogP contribution in [0.2, 0.25) is 0 Å². The van der Waals surface area contributed by atoms with Crippen molar-refractivity contribution < 1.29 is 9.53 Å². The quantitative estimate of drug-likeness (QED) is 0.829. The summed E-state index contributed by atoms with van der Waals surface area (Å²) in [6.07, 6.45) is 3.54. The van der Waals surface area contributed by atoms with E-state index in [1.165, 1.54) is 0 Å². The molecular weight excluding hydrogens is 240 g/mol. The normalized spacial score (nSPS) is 35.6. The van der Waals surface area contributed by atoms with Crippen molar-refractivity contribution in [2.24, 2.45) is 11.8 Å². The number of nitrogens with one attached hydrogen (secondary N) is 1. The van der Waals surface area contributed by atoms with E-state index < -0.39 is 0 Å². The van der Waals surface area contributed by atoms with E-state index in [0.717, 1.165) is 32.4 Å². The van der Waals surface area contributed by atoms with Gasteiger partial charge in [0, 0.05) is 19.1 Å². The van der Waals surface area contributed by atoms with Crippen molar-refractivity contribution in [3.63, 3.8) is 0 Å². The van der Waals surface area contributed by atoms with Gasteiger partial charge in [-0.25, -0.2) is 0 Å². The average Bonchev–Trinajstić information content (AvgIpc) is 2.89. The highest BCUT2D eigenvalue weighted by Gasteiger charge is 2.41. The minimum atomic E-state index is 0.0232. The van der Waals surface area contributed by atoms with Gasteiger partial charge in [0.05, 0.1) is 18.3 Å². The third-order valence-electron chi connectivity index (χ3n) is 4.46. The lowest BCUT2D eigenvalue weighted by Gasteiger charge is -2.30. The molecular formula is C15H28N2O2. The lowest BCUT2D eigenvalue weighted by atomic mass is 10.0. The number of carbonyl (C=O) groups is 1. The number of hydrogen-bond donors (Lipinski definition) is 1. The van der Waals surface area contributed by atoms with Crippen molar-refractivity contribution in [2.75, 3.05) is 13.2 Å². The Hall–Kier alpha value is -0.610. The molecule has 2 saturated heterocycles. The average molecular weight is 268 g/mol. The van der Waals surface area contributed by atoms with E-state index in [0.29, 0.717) is 17.7 Å². The first-order chi connectivity index (χ1) is 9.04. The van der Waals surface area contributed by atoms with E-state index in [9.17, 15) is 4.79 Å². The third-order valence-corrected chi connectivity index (χ3v) is 4.46. The van der Waals surface area contributed by atoms with Crippen LogP contribution in [0.5, 0.6) is 0 Å². The fourth-order valence-electron chi connectivity index (χ4n) is 3.22. The van der Waals surface area contributed by atoms with Crippen molar-refractivity contribution in [3.8, 4) is 0 Å². The van der Waals surface area contributed by atoms with Crippen LogP contribution in [-0.4, -0.2) is 42.3 Å². The van der Waals surface area contributed by atoms with E-state index in [-0.39, 0.29) is 18.3 Å². The topological polar surface area (TPSA) is 41.6 Å². The van der Waals surface area contributed by atoms with Crippen LogP contribution in [0.4, 0.5) is 0 Å². The van der Waals surface area contributed by atoms with Crippen LogP contribution in [0.15, 0.2) is 0 Å². The fourth-order valence-corrected chi connectivity index (χ4v) is 3.22. The predicted octanol–water partition coefficient (Wildman–Crippen LogP) is 1.99. The highest BCUT2D eigenvalue weighted by Crippen LogP contribution is 2.26. The molecule has 0 aromatic heterocycles. The SMILES string of the molecule is CCCC1NC(C(C)C)N(CC2CCOC2C)C1=O. The first kappa shape index (κ1) is 14.8. The number of nitrogens with zero attached hydrogens (tertiary/aromatic N) is 1. The maximum absolute atomic E-state index is 12.5. The molecule has 2 aliphatic rings. The second-order valence-corrected chi connectivity index (χ2v) is 6.31. The summed E-state index contributed by atoms with van der Waals surface area (Å²) in [5, 5.41) is 3.52. The van der Waals surface area contributed by atoms with Crippen LogP contribution in [-0.2, 0) is 9.53 Å². The van der Waals surface area contributed by atoms with Gasteiger partial charge in [-0.1, -0.05) is 27.2 Å². The minimum absolute atomic E-state index is 0.0232. The Morgan fingerprint density at radius 2 is 2.21 bits per heavy atom. The van der Waals surface area contributed by atoms with E-state index in [1.54, 1.807) is 0 Å². The van der Waals surface area contributed by atoms with Crippen LogP contribution in [0.25, 0.3) is 0 Å². The van der Waals surface area contributed by atoms with Crippen molar-refractivity contribution in [1.29, 1.82) is 0 Å². The highest BCUT2D eigenvalue weighted by molar-refractivity contribution is 5.84. The van der Waals surface area contributed by atoms with Gasteiger partial charge in [0.1, 0.15) is 0 Å². The van der Waals surface area contributed by atoms with E-state index in [2.05, 4.69) is 37.9 Å². The number of rotatable bonds is 5. The monoisotopic (exact) mass is 268 g/mol. The standard InChI is InChI=1S/C15H28N2O2/c1-5-6-13-15(18)17(14(16-13)10(2)3)9-12-7-8-19-11(12)4/h10-14,16H,5-9H2,1-4H3. The number of amides is 1. The smallest absolute Gasteiger partial charge is 0.241 e. The molecule has 4 nitrogen and oxygen atoms in total. The Kier molecular flexibility index (Phi) is 4.85. The van der Waals surface area contributed by atoms with Gasteiger partial charge in [0.2, 0.25) is 5.91 Å². The molecule has 0 radical (unpaired) electrons. The Labute approximate surface area is 116 Å². The molecule has 4 atom stereocenters. The van der Waals surface area contributed by atoms with Crippen molar-refractivity contribution in [2.45, 2.75) is 65.3 Å². The third kappa shape index (κ3) is 3.11. The molecule has 4 unspecified atom stereocenters. The Morgan fingerprint density at radius 3 is 2.74 bits per heavy atom. The summed E-state index contributed by atoms with van der Waals surface area (Å²) >= 11 is 0. The second-order valence-electron chi connectivity index (χ2n) is 6.31. The minimum Gasteiger partial charge on any atom is -0.378 e. The van der Waals surface area contributed by atoms with E-state index >= 15 is 0 Å². The maximum atomic E-state index is 12.5. The zero-order valence-electron chi connectivity index (χ0n) is 12.7. The van der Waals surface area contributed by atoms with E-state index in [4.69, 9.17) is 4.74 Å². The zero-order chi connectivity index (χ0) is 14.0. The van der Waals surface area contributed by atoms with Crippen LogP contribution < -0.4 is 5.32 Å². The lowest BCUT2D eigenvalue weighted by Crippen LogP contribution is -2.44. The molecule has 0 bridgehead atoms. The van der Waals surface area contributed by atoms with Crippen molar-refractivity contribution >= 4 is 5.91 Å². The molecule has 1 amide bonds. The maximum Gasteiger partial charge on any atom is 0.241 e. The van der Waals surface area contributed by atoms with Gasteiger partial charge in [-0.15, -0.1) is 0 Å². The summed E-state index contributed by atoms with van der Waals surface area (Å²) in [5.41, 5.74) is 0. The van der Waals surface area contributed by atoms with Gasteiger partial charge in [0.25, 0.3) is 0 Å². The Balaban J connectivity index is 2.04.